The van der Waals surface area contributed by atoms with Crippen LogP contribution in [0.25, 0.3) is 0 Å². The molecule has 1 aromatic carbocycles. The fraction of sp³-hybridized carbons (Fsp3) is 0.333. The number of aryl methyl sites for hydroxylation is 1. The van der Waals surface area contributed by atoms with Crippen molar-refractivity contribution in [1.82, 2.24) is 4.98 Å². The lowest BCUT2D eigenvalue weighted by molar-refractivity contribution is -0.118. The molecule has 0 saturated carbocycles. The van der Waals surface area contributed by atoms with Gasteiger partial charge in [-0.1, -0.05) is 11.6 Å². The van der Waals surface area contributed by atoms with Crippen LogP contribution in [-0.4, -0.2) is 30.6 Å². The number of carbonyl (C=O) groups excluding carboxylic acids is 1. The van der Waals surface area contributed by atoms with Crippen molar-refractivity contribution < 1.29 is 9.53 Å². The summed E-state index contributed by atoms with van der Waals surface area (Å²) in [6, 6.07) is 9.01. The van der Waals surface area contributed by atoms with E-state index in [1.807, 2.05) is 25.1 Å². The van der Waals surface area contributed by atoms with Crippen LogP contribution in [0.3, 0.4) is 0 Å². The normalized spacial score (nSPS) is 13.8. The molecular formula is C18H20ClN3O2. The van der Waals surface area contributed by atoms with Crippen LogP contribution in [0, 0.1) is 6.92 Å². The molecule has 126 valence electrons. The highest BCUT2D eigenvalue weighted by Crippen LogP contribution is 2.26. The van der Waals surface area contributed by atoms with Gasteiger partial charge in [0.1, 0.15) is 5.75 Å². The highest BCUT2D eigenvalue weighted by Gasteiger charge is 2.18. The van der Waals surface area contributed by atoms with Crippen molar-refractivity contribution in [2.45, 2.75) is 19.8 Å². The van der Waals surface area contributed by atoms with Crippen LogP contribution in [-0.2, 0) is 4.79 Å². The van der Waals surface area contributed by atoms with Crippen molar-refractivity contribution in [2.24, 2.45) is 0 Å². The van der Waals surface area contributed by atoms with Gasteiger partial charge in [0.25, 0.3) is 5.91 Å². The van der Waals surface area contributed by atoms with Gasteiger partial charge >= 0.3 is 0 Å². The Morgan fingerprint density at radius 2 is 2.12 bits per heavy atom. The van der Waals surface area contributed by atoms with E-state index in [0.29, 0.717) is 10.8 Å². The van der Waals surface area contributed by atoms with Crippen LogP contribution < -0.4 is 15.0 Å². The molecule has 0 unspecified atom stereocenters. The lowest BCUT2D eigenvalue weighted by Gasteiger charge is -2.20. The summed E-state index contributed by atoms with van der Waals surface area (Å²) in [6.07, 6.45) is 4.06. The number of halogens is 1. The van der Waals surface area contributed by atoms with E-state index < -0.39 is 0 Å². The molecule has 2 heterocycles. The second-order valence-corrected chi connectivity index (χ2v) is 6.22. The van der Waals surface area contributed by atoms with Gasteiger partial charge in [-0.25, -0.2) is 4.98 Å². The fourth-order valence-corrected chi connectivity index (χ4v) is 2.84. The van der Waals surface area contributed by atoms with Gasteiger partial charge in [0, 0.05) is 24.3 Å². The summed E-state index contributed by atoms with van der Waals surface area (Å²) in [5, 5.41) is 3.57. The Kier molecular flexibility index (Phi) is 5.20. The molecule has 6 heteroatoms. The summed E-state index contributed by atoms with van der Waals surface area (Å²) in [4.78, 5) is 18.8. The van der Waals surface area contributed by atoms with Gasteiger partial charge in [-0.3, -0.25) is 4.79 Å². The molecular weight excluding hydrogens is 326 g/mol. The van der Waals surface area contributed by atoms with E-state index in [1.54, 1.807) is 18.3 Å². The number of hydrogen-bond acceptors (Lipinski definition) is 4. The first-order valence-corrected chi connectivity index (χ1v) is 8.40. The first-order chi connectivity index (χ1) is 11.6. The minimum Gasteiger partial charge on any atom is -0.484 e. The molecule has 1 aromatic heterocycles. The van der Waals surface area contributed by atoms with Crippen molar-refractivity contribution in [2.75, 3.05) is 29.9 Å². The maximum absolute atomic E-state index is 12.2. The van der Waals surface area contributed by atoms with E-state index in [2.05, 4.69) is 15.2 Å². The third-order valence-electron chi connectivity index (χ3n) is 3.97. The number of benzene rings is 1. The minimum atomic E-state index is -0.212. The Balaban J connectivity index is 1.61. The van der Waals surface area contributed by atoms with Crippen molar-refractivity contribution in [1.29, 1.82) is 0 Å². The number of anilines is 2. The zero-order chi connectivity index (χ0) is 16.9. The van der Waals surface area contributed by atoms with E-state index in [9.17, 15) is 4.79 Å². The number of nitrogens with one attached hydrogen (secondary N) is 1. The first kappa shape index (κ1) is 16.6. The Bertz CT molecular complexity index is 730. The predicted molar refractivity (Wildman–Crippen MR) is 96.0 cm³/mol. The molecule has 1 fully saturated rings. The fourth-order valence-electron chi connectivity index (χ4n) is 2.72. The molecule has 1 amide bonds. The number of carbonyl (C=O) groups is 1. The largest absolute Gasteiger partial charge is 0.484 e. The SMILES string of the molecule is Cc1cc(OCC(=O)Nc2cccnc2N2CCCC2)ccc1Cl. The Morgan fingerprint density at radius 3 is 2.88 bits per heavy atom. The Hall–Kier alpha value is -2.27. The van der Waals surface area contributed by atoms with Gasteiger partial charge in [0.15, 0.2) is 12.4 Å². The van der Waals surface area contributed by atoms with E-state index in [0.717, 1.165) is 43.0 Å². The number of rotatable bonds is 5. The van der Waals surface area contributed by atoms with Crippen molar-refractivity contribution >= 4 is 29.0 Å². The second kappa shape index (κ2) is 7.53. The standard InChI is InChI=1S/C18H20ClN3O2/c1-13-11-14(6-7-15(13)19)24-12-17(23)21-16-5-4-8-20-18(16)22-9-2-3-10-22/h4-8,11H,2-3,9-10,12H2,1H3,(H,21,23). The average molecular weight is 346 g/mol. The zero-order valence-corrected chi connectivity index (χ0v) is 14.3. The van der Waals surface area contributed by atoms with Gasteiger partial charge in [-0.05, 0) is 55.7 Å². The molecule has 24 heavy (non-hydrogen) atoms. The molecule has 2 aromatic rings. The Labute approximate surface area is 146 Å². The van der Waals surface area contributed by atoms with Crippen molar-refractivity contribution in [3.63, 3.8) is 0 Å². The average Bonchev–Trinajstić information content (AvgIpc) is 3.11. The highest BCUT2D eigenvalue weighted by molar-refractivity contribution is 6.31. The molecule has 0 bridgehead atoms. The summed E-state index contributed by atoms with van der Waals surface area (Å²) in [5.41, 5.74) is 1.64. The highest BCUT2D eigenvalue weighted by atomic mass is 35.5. The molecule has 0 atom stereocenters. The molecule has 0 aliphatic carbocycles. The van der Waals surface area contributed by atoms with Crippen LogP contribution >= 0.6 is 11.6 Å². The van der Waals surface area contributed by atoms with Gasteiger partial charge in [0.05, 0.1) is 5.69 Å². The third kappa shape index (κ3) is 3.97. The maximum Gasteiger partial charge on any atom is 0.262 e. The molecule has 0 radical (unpaired) electrons. The van der Waals surface area contributed by atoms with Gasteiger partial charge in [-0.15, -0.1) is 0 Å². The van der Waals surface area contributed by atoms with Crippen LogP contribution in [0.2, 0.25) is 5.02 Å². The predicted octanol–water partition coefficient (Wildman–Crippen LogP) is 3.66. The van der Waals surface area contributed by atoms with Crippen LogP contribution in [0.4, 0.5) is 11.5 Å². The summed E-state index contributed by atoms with van der Waals surface area (Å²) >= 11 is 5.98. The number of amides is 1. The Morgan fingerprint density at radius 1 is 1.33 bits per heavy atom. The quantitative estimate of drug-likeness (QED) is 0.898. The van der Waals surface area contributed by atoms with Crippen LogP contribution in [0.15, 0.2) is 36.5 Å². The third-order valence-corrected chi connectivity index (χ3v) is 4.39. The second-order valence-electron chi connectivity index (χ2n) is 5.82. The molecule has 1 aliphatic heterocycles. The first-order valence-electron chi connectivity index (χ1n) is 8.02. The summed E-state index contributed by atoms with van der Waals surface area (Å²) in [7, 11) is 0. The van der Waals surface area contributed by atoms with E-state index in [4.69, 9.17) is 16.3 Å². The van der Waals surface area contributed by atoms with E-state index in [-0.39, 0.29) is 12.5 Å². The number of hydrogen-bond donors (Lipinski definition) is 1. The zero-order valence-electron chi connectivity index (χ0n) is 13.6. The van der Waals surface area contributed by atoms with E-state index >= 15 is 0 Å². The molecule has 1 aliphatic rings. The number of nitrogens with zero attached hydrogens (tertiary/aromatic N) is 2. The molecule has 3 rings (SSSR count). The topological polar surface area (TPSA) is 54.5 Å². The van der Waals surface area contributed by atoms with Gasteiger partial charge in [-0.2, -0.15) is 0 Å². The lowest BCUT2D eigenvalue weighted by Crippen LogP contribution is -2.24. The van der Waals surface area contributed by atoms with Crippen LogP contribution in [0.1, 0.15) is 18.4 Å². The van der Waals surface area contributed by atoms with Crippen LogP contribution in [0.5, 0.6) is 5.75 Å². The van der Waals surface area contributed by atoms with Gasteiger partial charge in [0.2, 0.25) is 0 Å². The maximum atomic E-state index is 12.2. The summed E-state index contributed by atoms with van der Waals surface area (Å²) in [5.74, 6) is 1.24. The molecule has 1 N–H and O–H groups in total. The number of pyridine rings is 1. The van der Waals surface area contributed by atoms with Gasteiger partial charge < -0.3 is 15.0 Å². The number of aromatic nitrogens is 1. The number of ether oxygens (including phenoxy) is 1. The molecule has 5 nitrogen and oxygen atoms in total. The minimum absolute atomic E-state index is 0.0601. The lowest BCUT2D eigenvalue weighted by atomic mass is 10.2. The smallest absolute Gasteiger partial charge is 0.262 e. The molecule has 1 saturated heterocycles. The van der Waals surface area contributed by atoms with E-state index in [1.165, 1.54) is 0 Å². The monoisotopic (exact) mass is 345 g/mol. The molecule has 0 spiro atoms. The van der Waals surface area contributed by atoms with Crippen molar-refractivity contribution in [3.8, 4) is 5.75 Å². The summed E-state index contributed by atoms with van der Waals surface area (Å²) < 4.78 is 5.54. The van der Waals surface area contributed by atoms with Crippen molar-refractivity contribution in [3.05, 3.63) is 47.1 Å². The summed E-state index contributed by atoms with van der Waals surface area (Å²) in [6.45, 7) is 3.78.